The summed E-state index contributed by atoms with van der Waals surface area (Å²) in [6, 6.07) is 4.20. The zero-order valence-corrected chi connectivity index (χ0v) is 17.0. The van der Waals surface area contributed by atoms with Crippen LogP contribution in [0.3, 0.4) is 0 Å². The third-order valence-corrected chi connectivity index (χ3v) is 7.08. The Hall–Kier alpha value is -1.32. The lowest BCUT2D eigenvalue weighted by Gasteiger charge is -2.28. The smallest absolute Gasteiger partial charge is 0.304 e. The fraction of sp³-hybridized carbons (Fsp3) is 0.600. The van der Waals surface area contributed by atoms with Crippen LogP contribution >= 0.6 is 7.60 Å². The van der Waals surface area contributed by atoms with Gasteiger partial charge in [-0.2, -0.15) is 8.42 Å². The first-order valence-corrected chi connectivity index (χ1v) is 11.1. The molecule has 0 spiro atoms. The summed E-state index contributed by atoms with van der Waals surface area (Å²) in [6.45, 7) is 8.18. The maximum atomic E-state index is 13.1. The van der Waals surface area contributed by atoms with Gasteiger partial charge in [-0.15, -0.1) is 0 Å². The fourth-order valence-electron chi connectivity index (χ4n) is 2.03. The van der Waals surface area contributed by atoms with Gasteiger partial charge in [0.05, 0.1) is 22.0 Å². The number of non-ortho nitro benzene ring substituents is 1. The Balaban J connectivity index is 3.15. The number of nitro benzene ring substituents is 1. The topological polar surface area (TPSA) is 122 Å². The van der Waals surface area contributed by atoms with Crippen molar-refractivity contribution in [2.24, 2.45) is 0 Å². The van der Waals surface area contributed by atoms with Crippen molar-refractivity contribution < 1.29 is 31.1 Å². The highest BCUT2D eigenvalue weighted by Crippen LogP contribution is 2.57. The normalized spacial score (nSPS) is 14.0. The second-order valence-corrected chi connectivity index (χ2v) is 9.66. The first-order valence-electron chi connectivity index (χ1n) is 8.05. The molecule has 0 bridgehead atoms. The van der Waals surface area contributed by atoms with Gasteiger partial charge < -0.3 is 9.05 Å². The third kappa shape index (κ3) is 6.14. The Kier molecular flexibility index (Phi) is 7.91. The molecular formula is C15H24NO8PS. The summed E-state index contributed by atoms with van der Waals surface area (Å²) >= 11 is 0. The molecule has 0 saturated heterocycles. The van der Waals surface area contributed by atoms with Crippen molar-refractivity contribution in [3.05, 3.63) is 34.4 Å². The van der Waals surface area contributed by atoms with Crippen LogP contribution in [0.4, 0.5) is 5.69 Å². The van der Waals surface area contributed by atoms with Gasteiger partial charge in [-0.25, -0.2) is 0 Å². The van der Waals surface area contributed by atoms with E-state index in [-0.39, 0.29) is 17.0 Å². The van der Waals surface area contributed by atoms with Crippen LogP contribution < -0.4 is 0 Å². The Labute approximate surface area is 153 Å². The Morgan fingerprint density at radius 3 is 1.88 bits per heavy atom. The lowest BCUT2D eigenvalue weighted by molar-refractivity contribution is -0.384. The minimum atomic E-state index is -4.32. The van der Waals surface area contributed by atoms with Crippen LogP contribution in [0.25, 0.3) is 0 Å². The summed E-state index contributed by atoms with van der Waals surface area (Å²) in [5, 5.41) is 10.7. The predicted molar refractivity (Wildman–Crippen MR) is 95.5 cm³/mol. The van der Waals surface area contributed by atoms with Gasteiger partial charge >= 0.3 is 7.60 Å². The van der Waals surface area contributed by atoms with Crippen molar-refractivity contribution in [3.63, 3.8) is 0 Å². The second-order valence-electron chi connectivity index (χ2n) is 6.01. The van der Waals surface area contributed by atoms with Crippen molar-refractivity contribution in [1.82, 2.24) is 0 Å². The van der Waals surface area contributed by atoms with E-state index in [1.807, 2.05) is 0 Å². The summed E-state index contributed by atoms with van der Waals surface area (Å²) in [7, 11) is -8.22. The molecule has 9 nitrogen and oxygen atoms in total. The number of nitrogens with zero attached hydrogens (tertiary/aromatic N) is 1. The van der Waals surface area contributed by atoms with E-state index in [0.717, 1.165) is 24.3 Å². The Bertz CT molecular complexity index is 746. The molecule has 1 aromatic rings. The summed E-state index contributed by atoms with van der Waals surface area (Å²) in [6.07, 6.45) is -0.887. The van der Waals surface area contributed by atoms with Crippen molar-refractivity contribution in [1.29, 1.82) is 0 Å². The summed E-state index contributed by atoms with van der Waals surface area (Å²) in [4.78, 5) is 9.74. The highest BCUT2D eigenvalue weighted by molar-refractivity contribution is 7.87. The lowest BCUT2D eigenvalue weighted by atomic mass is 10.3. The first-order chi connectivity index (χ1) is 11.9. The molecule has 0 aliphatic heterocycles. The predicted octanol–water partition coefficient (Wildman–Crippen LogP) is 4.08. The van der Waals surface area contributed by atoms with Crippen molar-refractivity contribution in [3.8, 4) is 0 Å². The van der Waals surface area contributed by atoms with Gasteiger partial charge in [-0.05, 0) is 46.2 Å². The monoisotopic (exact) mass is 409 g/mol. The largest absolute Gasteiger partial charge is 0.361 e. The summed E-state index contributed by atoms with van der Waals surface area (Å²) in [5.41, 5.74) is -0.257. The van der Waals surface area contributed by atoms with Crippen LogP contribution in [0.5, 0.6) is 0 Å². The van der Waals surface area contributed by atoms with Gasteiger partial charge in [0.2, 0.25) is 0 Å². The molecule has 148 valence electrons. The number of hydrogen-bond acceptors (Lipinski definition) is 8. The molecular weight excluding hydrogens is 385 g/mol. The van der Waals surface area contributed by atoms with Crippen LogP contribution in [-0.4, -0.2) is 31.4 Å². The number of hydrogen-bond donors (Lipinski definition) is 0. The molecule has 1 unspecified atom stereocenters. The van der Waals surface area contributed by atoms with E-state index in [0.29, 0.717) is 0 Å². The van der Waals surface area contributed by atoms with E-state index in [1.54, 1.807) is 34.6 Å². The van der Waals surface area contributed by atoms with E-state index in [4.69, 9.17) is 13.2 Å². The minimum Gasteiger partial charge on any atom is -0.304 e. The van der Waals surface area contributed by atoms with Gasteiger partial charge in [-0.1, -0.05) is 6.92 Å². The van der Waals surface area contributed by atoms with E-state index in [2.05, 4.69) is 0 Å². The highest BCUT2D eigenvalue weighted by Gasteiger charge is 2.41. The average Bonchev–Trinajstić information content (AvgIpc) is 2.51. The fourth-order valence-corrected chi connectivity index (χ4v) is 5.74. The average molecular weight is 409 g/mol. The molecule has 0 N–H and O–H groups in total. The van der Waals surface area contributed by atoms with Crippen molar-refractivity contribution in [2.45, 2.75) is 64.0 Å². The molecule has 0 aliphatic rings. The summed E-state index contributed by atoms with van der Waals surface area (Å²) < 4.78 is 54.0. The van der Waals surface area contributed by atoms with E-state index in [9.17, 15) is 23.1 Å². The number of rotatable bonds is 10. The Morgan fingerprint density at radius 1 is 1.08 bits per heavy atom. The zero-order chi connectivity index (χ0) is 20.1. The molecule has 0 heterocycles. The molecule has 0 radical (unpaired) electrons. The quantitative estimate of drug-likeness (QED) is 0.245. The van der Waals surface area contributed by atoms with Crippen LogP contribution in [0, 0.1) is 10.1 Å². The van der Waals surface area contributed by atoms with Crippen LogP contribution in [0.1, 0.15) is 41.0 Å². The molecule has 0 amide bonds. The van der Waals surface area contributed by atoms with Crippen molar-refractivity contribution >= 4 is 23.4 Å². The molecule has 1 rings (SSSR count). The molecule has 11 heteroatoms. The minimum absolute atomic E-state index is 0.0585. The zero-order valence-electron chi connectivity index (χ0n) is 15.3. The standard InChI is InChI=1S/C15H24NO8PS/c1-6-15(25(19,22-11(2)3)23-12(4)5)24-26(20,21)14-9-7-13(8-10-14)16(17)18/h7-12,15H,6H2,1-5H3. The molecule has 0 fully saturated rings. The molecule has 26 heavy (non-hydrogen) atoms. The summed E-state index contributed by atoms with van der Waals surface area (Å²) in [5.74, 6) is -1.34. The van der Waals surface area contributed by atoms with Gasteiger partial charge in [0.25, 0.3) is 15.8 Å². The van der Waals surface area contributed by atoms with E-state index < -0.39 is 40.7 Å². The van der Waals surface area contributed by atoms with Gasteiger partial charge in [0.1, 0.15) is 0 Å². The van der Waals surface area contributed by atoms with Crippen LogP contribution in [0.2, 0.25) is 0 Å². The van der Waals surface area contributed by atoms with Crippen molar-refractivity contribution in [2.75, 3.05) is 0 Å². The molecule has 0 saturated carbocycles. The maximum Gasteiger partial charge on any atom is 0.361 e. The molecule has 0 aromatic heterocycles. The molecule has 1 atom stereocenters. The number of nitro groups is 1. The lowest BCUT2D eigenvalue weighted by Crippen LogP contribution is -2.23. The second kappa shape index (κ2) is 9.05. The third-order valence-electron chi connectivity index (χ3n) is 2.99. The van der Waals surface area contributed by atoms with Gasteiger partial charge in [0, 0.05) is 12.1 Å². The Morgan fingerprint density at radius 2 is 1.54 bits per heavy atom. The first kappa shape index (κ1) is 22.7. The highest BCUT2D eigenvalue weighted by atomic mass is 32.2. The number of benzene rings is 1. The van der Waals surface area contributed by atoms with E-state index >= 15 is 0 Å². The van der Waals surface area contributed by atoms with E-state index in [1.165, 1.54) is 0 Å². The van der Waals surface area contributed by atoms with Crippen LogP contribution in [0.15, 0.2) is 29.2 Å². The molecule has 0 aliphatic carbocycles. The van der Waals surface area contributed by atoms with Gasteiger partial charge in [0.15, 0.2) is 5.85 Å². The maximum absolute atomic E-state index is 13.1. The SMILES string of the molecule is CCC(OS(=O)(=O)c1ccc([N+](=O)[O-])cc1)P(=O)(OC(C)C)OC(C)C. The van der Waals surface area contributed by atoms with Gasteiger partial charge in [-0.3, -0.25) is 18.9 Å². The van der Waals surface area contributed by atoms with Crippen LogP contribution in [-0.2, 0) is 27.9 Å². The molecule has 1 aromatic carbocycles.